The number of carbonyl (C=O) groups excluding carboxylic acids is 1. The van der Waals surface area contributed by atoms with Crippen molar-refractivity contribution in [2.75, 3.05) is 19.6 Å². The number of furan rings is 1. The van der Waals surface area contributed by atoms with Crippen LogP contribution in [0.3, 0.4) is 0 Å². The minimum atomic E-state index is -0.206. The van der Waals surface area contributed by atoms with Gasteiger partial charge in [0, 0.05) is 24.0 Å². The minimum Gasteiger partial charge on any atom is -0.449 e. The Morgan fingerprint density at radius 2 is 2.16 bits per heavy atom. The predicted molar refractivity (Wildman–Crippen MR) is 76.8 cm³/mol. The van der Waals surface area contributed by atoms with E-state index in [1.54, 1.807) is 6.07 Å². The summed E-state index contributed by atoms with van der Waals surface area (Å²) in [5, 5.41) is 7.36. The van der Waals surface area contributed by atoms with Gasteiger partial charge >= 0.3 is 0 Å². The van der Waals surface area contributed by atoms with Crippen molar-refractivity contribution in [3.63, 3.8) is 0 Å². The molecule has 0 bridgehead atoms. The summed E-state index contributed by atoms with van der Waals surface area (Å²) in [6.07, 6.45) is 0. The molecule has 0 spiro atoms. The van der Waals surface area contributed by atoms with Gasteiger partial charge in [0.25, 0.3) is 5.91 Å². The minimum absolute atomic E-state index is 0.206. The zero-order chi connectivity index (χ0) is 13.8. The highest BCUT2D eigenvalue weighted by molar-refractivity contribution is 6.35. The first-order valence-electron chi connectivity index (χ1n) is 6.31. The number of hydrogen-bond donors (Lipinski definition) is 2. The maximum Gasteiger partial charge on any atom is 0.287 e. The van der Waals surface area contributed by atoms with Crippen LogP contribution in [-0.4, -0.2) is 25.5 Å². The van der Waals surface area contributed by atoms with Crippen molar-refractivity contribution in [2.24, 2.45) is 0 Å². The van der Waals surface area contributed by atoms with Crippen molar-refractivity contribution in [1.82, 2.24) is 10.6 Å². The molecule has 1 aromatic heterocycles. The number of amides is 1. The van der Waals surface area contributed by atoms with E-state index in [4.69, 9.17) is 16.0 Å². The summed E-state index contributed by atoms with van der Waals surface area (Å²) < 4.78 is 5.58. The van der Waals surface area contributed by atoms with Crippen molar-refractivity contribution in [1.29, 1.82) is 0 Å². The molecule has 0 radical (unpaired) electrons. The van der Waals surface area contributed by atoms with Gasteiger partial charge in [0.05, 0.1) is 5.02 Å². The normalized spacial score (nSPS) is 10.9. The van der Waals surface area contributed by atoms with Crippen LogP contribution in [0.15, 0.2) is 22.6 Å². The van der Waals surface area contributed by atoms with Crippen LogP contribution < -0.4 is 10.6 Å². The fourth-order valence-corrected chi connectivity index (χ4v) is 2.16. The average Bonchev–Trinajstić information content (AvgIpc) is 2.74. The van der Waals surface area contributed by atoms with Gasteiger partial charge in [0.15, 0.2) is 11.3 Å². The van der Waals surface area contributed by atoms with Gasteiger partial charge in [-0.1, -0.05) is 30.7 Å². The molecule has 1 aromatic carbocycles. The highest BCUT2D eigenvalue weighted by Crippen LogP contribution is 2.30. The monoisotopic (exact) mass is 280 g/mol. The highest BCUT2D eigenvalue weighted by atomic mass is 35.5. The Morgan fingerprint density at radius 1 is 1.37 bits per heavy atom. The second kappa shape index (κ2) is 6.08. The number of nitrogens with one attached hydrogen (secondary N) is 2. The van der Waals surface area contributed by atoms with E-state index in [0.29, 0.717) is 22.9 Å². The van der Waals surface area contributed by atoms with Crippen LogP contribution >= 0.6 is 11.6 Å². The van der Waals surface area contributed by atoms with E-state index in [2.05, 4.69) is 10.6 Å². The maximum atomic E-state index is 12.0. The van der Waals surface area contributed by atoms with Crippen molar-refractivity contribution in [3.8, 4) is 0 Å². The van der Waals surface area contributed by atoms with E-state index in [1.165, 1.54) is 0 Å². The van der Waals surface area contributed by atoms with E-state index in [9.17, 15) is 4.79 Å². The summed E-state index contributed by atoms with van der Waals surface area (Å²) in [5.74, 6) is 0.127. The molecule has 102 valence electrons. The van der Waals surface area contributed by atoms with Gasteiger partial charge < -0.3 is 15.1 Å². The van der Waals surface area contributed by atoms with E-state index in [-0.39, 0.29) is 5.91 Å². The standard InChI is InChI=1S/C14H17ClN2O2/c1-3-16-7-8-17-14(18)12-9(2)10-5-4-6-11(15)13(10)19-12/h4-6,16H,3,7-8H2,1-2H3,(H,17,18). The number of para-hydroxylation sites is 1. The number of hydrogen-bond acceptors (Lipinski definition) is 3. The Hall–Kier alpha value is -1.52. The Labute approximate surface area is 117 Å². The molecule has 0 atom stereocenters. The van der Waals surface area contributed by atoms with E-state index in [0.717, 1.165) is 24.0 Å². The molecule has 0 aliphatic carbocycles. The van der Waals surface area contributed by atoms with Crippen molar-refractivity contribution >= 4 is 28.5 Å². The third kappa shape index (κ3) is 2.91. The SMILES string of the molecule is CCNCCNC(=O)c1oc2c(Cl)cccc2c1C. The van der Waals surface area contributed by atoms with Crippen LogP contribution in [0, 0.1) is 6.92 Å². The molecule has 19 heavy (non-hydrogen) atoms. The van der Waals surface area contributed by atoms with Gasteiger partial charge in [-0.3, -0.25) is 4.79 Å². The first-order chi connectivity index (χ1) is 9.15. The van der Waals surface area contributed by atoms with Crippen LogP contribution in [0.5, 0.6) is 0 Å². The molecular formula is C14H17ClN2O2. The zero-order valence-corrected chi connectivity index (χ0v) is 11.8. The van der Waals surface area contributed by atoms with Crippen molar-refractivity contribution in [2.45, 2.75) is 13.8 Å². The first-order valence-corrected chi connectivity index (χ1v) is 6.69. The second-order valence-corrected chi connectivity index (χ2v) is 4.69. The number of likely N-dealkylation sites (N-methyl/N-ethyl adjacent to an activating group) is 1. The summed E-state index contributed by atoms with van der Waals surface area (Å²) in [5.41, 5.74) is 1.39. The summed E-state index contributed by atoms with van der Waals surface area (Å²) in [6.45, 7) is 6.07. The molecule has 5 heteroatoms. The maximum absolute atomic E-state index is 12.0. The van der Waals surface area contributed by atoms with Gasteiger partial charge in [0.1, 0.15) is 0 Å². The molecule has 1 amide bonds. The number of rotatable bonds is 5. The topological polar surface area (TPSA) is 54.3 Å². The molecule has 1 heterocycles. The van der Waals surface area contributed by atoms with Crippen LogP contribution in [-0.2, 0) is 0 Å². The lowest BCUT2D eigenvalue weighted by molar-refractivity contribution is 0.0927. The van der Waals surface area contributed by atoms with Gasteiger partial charge in [-0.05, 0) is 19.5 Å². The Kier molecular flexibility index (Phi) is 4.45. The number of benzene rings is 1. The molecule has 2 N–H and O–H groups in total. The molecule has 0 aliphatic rings. The van der Waals surface area contributed by atoms with E-state index in [1.807, 2.05) is 26.0 Å². The summed E-state index contributed by atoms with van der Waals surface area (Å²) in [4.78, 5) is 12.0. The van der Waals surface area contributed by atoms with Gasteiger partial charge in [-0.2, -0.15) is 0 Å². The number of carbonyl (C=O) groups is 1. The Morgan fingerprint density at radius 3 is 2.84 bits per heavy atom. The van der Waals surface area contributed by atoms with Gasteiger partial charge in [0.2, 0.25) is 0 Å². The molecule has 4 nitrogen and oxygen atoms in total. The summed E-state index contributed by atoms with van der Waals surface area (Å²) in [7, 11) is 0. The molecule has 0 fully saturated rings. The molecule has 0 saturated carbocycles. The smallest absolute Gasteiger partial charge is 0.287 e. The first kappa shape index (κ1) is 13.9. The summed E-state index contributed by atoms with van der Waals surface area (Å²) >= 11 is 6.06. The van der Waals surface area contributed by atoms with Crippen LogP contribution in [0.25, 0.3) is 11.0 Å². The fourth-order valence-electron chi connectivity index (χ4n) is 1.95. The lowest BCUT2D eigenvalue weighted by atomic mass is 10.1. The van der Waals surface area contributed by atoms with E-state index < -0.39 is 0 Å². The third-order valence-electron chi connectivity index (χ3n) is 2.96. The lowest BCUT2D eigenvalue weighted by Crippen LogP contribution is -2.31. The van der Waals surface area contributed by atoms with Crippen molar-refractivity contribution in [3.05, 3.63) is 34.5 Å². The van der Waals surface area contributed by atoms with Gasteiger partial charge in [-0.25, -0.2) is 0 Å². The quantitative estimate of drug-likeness (QED) is 0.828. The lowest BCUT2D eigenvalue weighted by Gasteiger charge is -2.03. The molecule has 2 aromatic rings. The molecule has 0 aliphatic heterocycles. The van der Waals surface area contributed by atoms with E-state index >= 15 is 0 Å². The molecule has 0 saturated heterocycles. The number of aryl methyl sites for hydroxylation is 1. The summed E-state index contributed by atoms with van der Waals surface area (Å²) in [6, 6.07) is 5.50. The molecular weight excluding hydrogens is 264 g/mol. The molecule has 2 rings (SSSR count). The van der Waals surface area contributed by atoms with Crippen molar-refractivity contribution < 1.29 is 9.21 Å². The van der Waals surface area contributed by atoms with Crippen LogP contribution in [0.1, 0.15) is 23.0 Å². The Balaban J connectivity index is 2.18. The van der Waals surface area contributed by atoms with Gasteiger partial charge in [-0.15, -0.1) is 0 Å². The largest absolute Gasteiger partial charge is 0.449 e. The van der Waals surface area contributed by atoms with Crippen LogP contribution in [0.4, 0.5) is 0 Å². The second-order valence-electron chi connectivity index (χ2n) is 4.28. The average molecular weight is 281 g/mol. The number of halogens is 1. The zero-order valence-electron chi connectivity index (χ0n) is 11.0. The predicted octanol–water partition coefficient (Wildman–Crippen LogP) is 2.73. The Bertz CT molecular complexity index is 592. The highest BCUT2D eigenvalue weighted by Gasteiger charge is 2.18. The third-order valence-corrected chi connectivity index (χ3v) is 3.26. The number of fused-ring (bicyclic) bond motifs is 1. The van der Waals surface area contributed by atoms with Crippen LogP contribution in [0.2, 0.25) is 5.02 Å². The molecule has 0 unspecified atom stereocenters. The fraction of sp³-hybridized carbons (Fsp3) is 0.357.